The smallest absolute Gasteiger partial charge is 0.417 e. The number of carboxylic acids is 1. The van der Waals surface area contributed by atoms with E-state index in [9.17, 15) is 18.0 Å². The van der Waals surface area contributed by atoms with Crippen molar-refractivity contribution in [3.05, 3.63) is 65.2 Å². The van der Waals surface area contributed by atoms with Crippen LogP contribution in [0.1, 0.15) is 21.5 Å². The molecule has 0 heterocycles. The number of carboxylic acid groups (broad SMARTS) is 1. The summed E-state index contributed by atoms with van der Waals surface area (Å²) in [4.78, 5) is 10.9. The van der Waals surface area contributed by atoms with E-state index in [0.29, 0.717) is 6.07 Å². The van der Waals surface area contributed by atoms with E-state index in [-0.39, 0.29) is 12.4 Å². The predicted octanol–water partition coefficient (Wildman–Crippen LogP) is 3.98. The quantitative estimate of drug-likeness (QED) is 0.928. The van der Waals surface area contributed by atoms with Gasteiger partial charge in [0.15, 0.2) is 0 Å². The third kappa shape index (κ3) is 3.75. The first-order valence-electron chi connectivity index (χ1n) is 5.99. The molecule has 2 aromatic rings. The molecule has 110 valence electrons. The van der Waals surface area contributed by atoms with Crippen LogP contribution in [-0.2, 0) is 12.8 Å². The van der Waals surface area contributed by atoms with Gasteiger partial charge < -0.3 is 9.84 Å². The van der Waals surface area contributed by atoms with Crippen LogP contribution in [0.4, 0.5) is 13.2 Å². The molecule has 0 amide bonds. The van der Waals surface area contributed by atoms with Crippen molar-refractivity contribution in [2.75, 3.05) is 0 Å². The van der Waals surface area contributed by atoms with Gasteiger partial charge in [0.2, 0.25) is 0 Å². The van der Waals surface area contributed by atoms with Crippen LogP contribution in [-0.4, -0.2) is 11.1 Å². The maximum absolute atomic E-state index is 12.7. The topological polar surface area (TPSA) is 46.5 Å². The Balaban J connectivity index is 2.22. The molecule has 0 aromatic heterocycles. The van der Waals surface area contributed by atoms with Crippen molar-refractivity contribution >= 4 is 5.97 Å². The summed E-state index contributed by atoms with van der Waals surface area (Å²) in [5.41, 5.74) is -1.19. The van der Waals surface area contributed by atoms with Gasteiger partial charge in [0.25, 0.3) is 0 Å². The van der Waals surface area contributed by atoms with Crippen LogP contribution >= 0.6 is 0 Å². The van der Waals surface area contributed by atoms with Crippen molar-refractivity contribution < 1.29 is 27.8 Å². The lowest BCUT2D eigenvalue weighted by Crippen LogP contribution is -2.13. The van der Waals surface area contributed by atoms with Crippen LogP contribution in [0.5, 0.6) is 5.75 Å². The molecule has 0 radical (unpaired) electrons. The van der Waals surface area contributed by atoms with Crippen LogP contribution in [0, 0.1) is 0 Å². The molecule has 0 atom stereocenters. The van der Waals surface area contributed by atoms with Crippen molar-refractivity contribution in [3.63, 3.8) is 0 Å². The number of hydrogen-bond acceptors (Lipinski definition) is 2. The first-order chi connectivity index (χ1) is 9.88. The van der Waals surface area contributed by atoms with Gasteiger partial charge in [-0.25, -0.2) is 4.79 Å². The third-order valence-electron chi connectivity index (χ3n) is 2.78. The Hall–Kier alpha value is -2.50. The molecule has 0 saturated carbocycles. The molecule has 0 aliphatic carbocycles. The van der Waals surface area contributed by atoms with Crippen LogP contribution in [0.25, 0.3) is 0 Å². The zero-order chi connectivity index (χ0) is 15.5. The number of alkyl halides is 3. The Kier molecular flexibility index (Phi) is 4.16. The molecule has 6 heteroatoms. The highest BCUT2D eigenvalue weighted by atomic mass is 19.4. The SMILES string of the molecule is O=C(O)c1cc(OCc2ccccc2)ccc1C(F)(F)F. The van der Waals surface area contributed by atoms with E-state index >= 15 is 0 Å². The molecule has 21 heavy (non-hydrogen) atoms. The molecule has 2 aromatic carbocycles. The molecule has 0 aliphatic rings. The van der Waals surface area contributed by atoms with E-state index in [2.05, 4.69) is 0 Å². The maximum atomic E-state index is 12.7. The number of ether oxygens (including phenoxy) is 1. The van der Waals surface area contributed by atoms with Gasteiger partial charge in [-0.05, 0) is 23.8 Å². The summed E-state index contributed by atoms with van der Waals surface area (Å²) in [6, 6.07) is 11.7. The minimum Gasteiger partial charge on any atom is -0.489 e. The molecular weight excluding hydrogens is 285 g/mol. The normalized spacial score (nSPS) is 11.2. The van der Waals surface area contributed by atoms with Crippen LogP contribution in [0.3, 0.4) is 0 Å². The lowest BCUT2D eigenvalue weighted by molar-refractivity contribution is -0.138. The van der Waals surface area contributed by atoms with Gasteiger partial charge in [-0.15, -0.1) is 0 Å². The summed E-state index contributed by atoms with van der Waals surface area (Å²) in [5, 5.41) is 8.88. The van der Waals surface area contributed by atoms with Gasteiger partial charge >= 0.3 is 12.1 Å². The minimum atomic E-state index is -4.72. The Bertz CT molecular complexity index is 636. The average Bonchev–Trinajstić information content (AvgIpc) is 2.45. The number of hydrogen-bond donors (Lipinski definition) is 1. The van der Waals surface area contributed by atoms with Gasteiger partial charge in [0.05, 0.1) is 11.1 Å². The largest absolute Gasteiger partial charge is 0.489 e. The Morgan fingerprint density at radius 1 is 1.10 bits per heavy atom. The fourth-order valence-electron chi connectivity index (χ4n) is 1.78. The van der Waals surface area contributed by atoms with E-state index in [1.807, 2.05) is 6.07 Å². The summed E-state index contributed by atoms with van der Waals surface area (Å²) in [6.07, 6.45) is -4.72. The fourth-order valence-corrected chi connectivity index (χ4v) is 1.78. The van der Waals surface area contributed by atoms with Crippen molar-refractivity contribution in [1.29, 1.82) is 0 Å². The molecule has 2 rings (SSSR count). The maximum Gasteiger partial charge on any atom is 0.417 e. The van der Waals surface area contributed by atoms with Gasteiger partial charge in [-0.1, -0.05) is 30.3 Å². The average molecular weight is 296 g/mol. The number of rotatable bonds is 4. The highest BCUT2D eigenvalue weighted by Crippen LogP contribution is 2.34. The second-order valence-corrected chi connectivity index (χ2v) is 4.28. The van der Waals surface area contributed by atoms with E-state index in [1.54, 1.807) is 24.3 Å². The number of halogens is 3. The zero-order valence-corrected chi connectivity index (χ0v) is 10.7. The standard InChI is InChI=1S/C15H11F3O3/c16-15(17,18)13-7-6-11(8-12(13)14(19)20)21-9-10-4-2-1-3-5-10/h1-8H,9H2,(H,19,20). The molecular formula is C15H11F3O3. The number of aromatic carboxylic acids is 1. The molecule has 0 fully saturated rings. The minimum absolute atomic E-state index is 0.0734. The van der Waals surface area contributed by atoms with Crippen molar-refractivity contribution in [2.24, 2.45) is 0 Å². The van der Waals surface area contributed by atoms with Crippen LogP contribution < -0.4 is 4.74 Å². The van der Waals surface area contributed by atoms with Gasteiger partial charge in [0, 0.05) is 0 Å². The van der Waals surface area contributed by atoms with E-state index in [1.165, 1.54) is 0 Å². The molecule has 0 aliphatic heterocycles. The predicted molar refractivity (Wildman–Crippen MR) is 69.2 cm³/mol. The first kappa shape index (κ1) is 14.9. The second kappa shape index (κ2) is 5.87. The molecule has 0 saturated heterocycles. The zero-order valence-electron chi connectivity index (χ0n) is 10.7. The van der Waals surface area contributed by atoms with E-state index in [4.69, 9.17) is 9.84 Å². The molecule has 0 bridgehead atoms. The summed E-state index contributed by atoms with van der Waals surface area (Å²) < 4.78 is 43.4. The second-order valence-electron chi connectivity index (χ2n) is 4.28. The Morgan fingerprint density at radius 3 is 2.33 bits per heavy atom. The van der Waals surface area contributed by atoms with E-state index < -0.39 is 23.3 Å². The van der Waals surface area contributed by atoms with E-state index in [0.717, 1.165) is 17.7 Å². The van der Waals surface area contributed by atoms with Crippen LogP contribution in [0.2, 0.25) is 0 Å². The lowest BCUT2D eigenvalue weighted by atomic mass is 10.1. The number of carbonyl (C=O) groups is 1. The highest BCUT2D eigenvalue weighted by molar-refractivity contribution is 5.90. The van der Waals surface area contributed by atoms with Crippen LogP contribution in [0.15, 0.2) is 48.5 Å². The Labute approximate surface area is 118 Å². The van der Waals surface area contributed by atoms with Crippen molar-refractivity contribution in [2.45, 2.75) is 12.8 Å². The Morgan fingerprint density at radius 2 is 1.76 bits per heavy atom. The molecule has 1 N–H and O–H groups in total. The van der Waals surface area contributed by atoms with Crippen molar-refractivity contribution in [3.8, 4) is 5.75 Å². The summed E-state index contributed by atoms with van der Waals surface area (Å²) in [6.45, 7) is 0.144. The summed E-state index contributed by atoms with van der Waals surface area (Å²) >= 11 is 0. The van der Waals surface area contributed by atoms with Gasteiger partial charge in [-0.2, -0.15) is 13.2 Å². The molecule has 0 spiro atoms. The lowest BCUT2D eigenvalue weighted by Gasteiger charge is -2.12. The fraction of sp³-hybridized carbons (Fsp3) is 0.133. The number of benzene rings is 2. The monoisotopic (exact) mass is 296 g/mol. The summed E-state index contributed by atoms with van der Waals surface area (Å²) in [5.74, 6) is -1.57. The molecule has 3 nitrogen and oxygen atoms in total. The van der Waals surface area contributed by atoms with Gasteiger partial charge in [0.1, 0.15) is 12.4 Å². The van der Waals surface area contributed by atoms with Crippen molar-refractivity contribution in [1.82, 2.24) is 0 Å². The third-order valence-corrected chi connectivity index (χ3v) is 2.78. The highest BCUT2D eigenvalue weighted by Gasteiger charge is 2.35. The van der Waals surface area contributed by atoms with Gasteiger partial charge in [-0.3, -0.25) is 0 Å². The first-order valence-corrected chi connectivity index (χ1v) is 5.99. The molecule has 0 unspecified atom stereocenters. The summed E-state index contributed by atoms with van der Waals surface area (Å²) in [7, 11) is 0.